The highest BCUT2D eigenvalue weighted by atomic mass is 32.2. The van der Waals surface area contributed by atoms with Gasteiger partial charge in [0.15, 0.2) is 9.84 Å². The molecule has 0 aliphatic carbocycles. The second-order valence-corrected chi connectivity index (χ2v) is 10.1. The van der Waals surface area contributed by atoms with Crippen LogP contribution in [0, 0.1) is 6.92 Å². The Kier molecular flexibility index (Phi) is 5.56. The van der Waals surface area contributed by atoms with Crippen molar-refractivity contribution in [3.8, 4) is 5.75 Å². The quantitative estimate of drug-likeness (QED) is 0.602. The number of amides is 1. The van der Waals surface area contributed by atoms with Crippen LogP contribution in [0.2, 0.25) is 0 Å². The van der Waals surface area contributed by atoms with Crippen molar-refractivity contribution in [1.82, 2.24) is 4.90 Å². The highest BCUT2D eigenvalue weighted by Gasteiger charge is 2.34. The van der Waals surface area contributed by atoms with Crippen LogP contribution in [0.4, 0.5) is 0 Å². The smallest absolute Gasteiger partial charge is 0.227 e. The van der Waals surface area contributed by atoms with Crippen LogP contribution in [-0.2, 0) is 27.6 Å². The van der Waals surface area contributed by atoms with Crippen LogP contribution < -0.4 is 4.74 Å². The lowest BCUT2D eigenvalue weighted by molar-refractivity contribution is -0.133. The molecule has 1 aliphatic heterocycles. The third kappa shape index (κ3) is 4.36. The molecule has 1 fully saturated rings. The first-order chi connectivity index (χ1) is 14.3. The van der Waals surface area contributed by atoms with E-state index in [1.807, 2.05) is 49.4 Å². The Morgan fingerprint density at radius 1 is 1.20 bits per heavy atom. The van der Waals surface area contributed by atoms with Crippen LogP contribution in [0.3, 0.4) is 0 Å². The van der Waals surface area contributed by atoms with Crippen LogP contribution in [0.25, 0.3) is 11.0 Å². The topological polar surface area (TPSA) is 76.8 Å². The molecule has 0 bridgehead atoms. The first kappa shape index (κ1) is 20.5. The Labute approximate surface area is 176 Å². The predicted molar refractivity (Wildman–Crippen MR) is 115 cm³/mol. The van der Waals surface area contributed by atoms with Gasteiger partial charge in [0.05, 0.1) is 31.3 Å². The number of ether oxygens (including phenoxy) is 1. The van der Waals surface area contributed by atoms with E-state index in [4.69, 9.17) is 9.15 Å². The monoisotopic (exact) mass is 427 g/mol. The van der Waals surface area contributed by atoms with Gasteiger partial charge in [0.25, 0.3) is 0 Å². The molecule has 6 nitrogen and oxygen atoms in total. The molecule has 1 amide bonds. The average molecular weight is 428 g/mol. The van der Waals surface area contributed by atoms with Crippen LogP contribution in [-0.4, -0.2) is 43.9 Å². The van der Waals surface area contributed by atoms with Crippen molar-refractivity contribution in [1.29, 1.82) is 0 Å². The van der Waals surface area contributed by atoms with Gasteiger partial charge in [0, 0.05) is 23.5 Å². The molecular weight excluding hydrogens is 402 g/mol. The molecule has 4 rings (SSSR count). The summed E-state index contributed by atoms with van der Waals surface area (Å²) >= 11 is 0. The molecule has 158 valence electrons. The molecule has 1 unspecified atom stereocenters. The molecule has 2 heterocycles. The zero-order chi connectivity index (χ0) is 21.3. The predicted octanol–water partition coefficient (Wildman–Crippen LogP) is 3.51. The fraction of sp³-hybridized carbons (Fsp3) is 0.348. The third-order valence-corrected chi connectivity index (χ3v) is 7.38. The number of hydrogen-bond acceptors (Lipinski definition) is 5. The Bertz CT molecular complexity index is 1160. The Hall–Kier alpha value is -2.80. The summed E-state index contributed by atoms with van der Waals surface area (Å²) in [5, 5.41) is 0.914. The first-order valence-corrected chi connectivity index (χ1v) is 11.8. The summed E-state index contributed by atoms with van der Waals surface area (Å²) < 4.78 is 34.9. The number of fused-ring (bicyclic) bond motifs is 1. The van der Waals surface area contributed by atoms with Gasteiger partial charge < -0.3 is 14.1 Å². The van der Waals surface area contributed by atoms with E-state index in [1.165, 1.54) is 0 Å². The molecule has 0 spiro atoms. The Balaban J connectivity index is 1.59. The van der Waals surface area contributed by atoms with Crippen molar-refractivity contribution in [2.45, 2.75) is 32.4 Å². The molecule has 1 atom stereocenters. The SMILES string of the molecule is COc1ccc(CN(C(=O)Cc2coc3cc(C)ccc23)C2CCS(=O)(=O)C2)cc1. The number of methoxy groups -OCH3 is 1. The lowest BCUT2D eigenvalue weighted by atomic mass is 10.1. The number of sulfone groups is 1. The lowest BCUT2D eigenvalue weighted by Crippen LogP contribution is -2.41. The van der Waals surface area contributed by atoms with Gasteiger partial charge in [-0.3, -0.25) is 4.79 Å². The van der Waals surface area contributed by atoms with Gasteiger partial charge in [-0.2, -0.15) is 0 Å². The average Bonchev–Trinajstić information content (AvgIpc) is 3.28. The summed E-state index contributed by atoms with van der Waals surface area (Å²) in [5.41, 5.74) is 3.59. The minimum Gasteiger partial charge on any atom is -0.497 e. The number of furan rings is 1. The maximum absolute atomic E-state index is 13.3. The van der Waals surface area contributed by atoms with Crippen molar-refractivity contribution in [2.24, 2.45) is 0 Å². The fourth-order valence-corrected chi connectivity index (χ4v) is 5.69. The van der Waals surface area contributed by atoms with Gasteiger partial charge >= 0.3 is 0 Å². The summed E-state index contributed by atoms with van der Waals surface area (Å²) in [4.78, 5) is 15.0. The number of carbonyl (C=O) groups excluding carboxylic acids is 1. The highest BCUT2D eigenvalue weighted by molar-refractivity contribution is 7.91. The minimum atomic E-state index is -3.11. The molecule has 1 aromatic heterocycles. The fourth-order valence-electron chi connectivity index (χ4n) is 3.96. The van der Waals surface area contributed by atoms with Crippen molar-refractivity contribution in [2.75, 3.05) is 18.6 Å². The van der Waals surface area contributed by atoms with E-state index in [2.05, 4.69) is 0 Å². The highest BCUT2D eigenvalue weighted by Crippen LogP contribution is 2.26. The second-order valence-electron chi connectivity index (χ2n) is 7.86. The number of nitrogens with zero attached hydrogens (tertiary/aromatic N) is 1. The van der Waals surface area contributed by atoms with Crippen LogP contribution >= 0.6 is 0 Å². The van der Waals surface area contributed by atoms with Crippen molar-refractivity contribution < 1.29 is 22.4 Å². The number of rotatable bonds is 6. The van der Waals surface area contributed by atoms with Gasteiger partial charge in [0.1, 0.15) is 11.3 Å². The van der Waals surface area contributed by atoms with Crippen molar-refractivity contribution in [3.63, 3.8) is 0 Å². The molecular formula is C23H25NO5S. The molecule has 1 saturated heterocycles. The van der Waals surface area contributed by atoms with Crippen LogP contribution in [0.15, 0.2) is 53.1 Å². The van der Waals surface area contributed by atoms with E-state index >= 15 is 0 Å². The molecule has 30 heavy (non-hydrogen) atoms. The minimum absolute atomic E-state index is 0.0141. The Morgan fingerprint density at radius 3 is 2.63 bits per heavy atom. The summed E-state index contributed by atoms with van der Waals surface area (Å²) in [6, 6.07) is 13.1. The Morgan fingerprint density at radius 2 is 1.97 bits per heavy atom. The molecule has 2 aromatic carbocycles. The summed E-state index contributed by atoms with van der Waals surface area (Å²) in [6.45, 7) is 2.35. The molecule has 1 aliphatic rings. The third-order valence-electron chi connectivity index (χ3n) is 5.63. The molecule has 3 aromatic rings. The first-order valence-electron chi connectivity index (χ1n) is 9.94. The molecule has 0 N–H and O–H groups in total. The number of aryl methyl sites for hydroxylation is 1. The van der Waals surface area contributed by atoms with Crippen molar-refractivity contribution in [3.05, 3.63) is 65.4 Å². The molecule has 0 saturated carbocycles. The second kappa shape index (κ2) is 8.14. The number of benzene rings is 2. The molecule has 0 radical (unpaired) electrons. The van der Waals surface area contributed by atoms with Gasteiger partial charge in [-0.05, 0) is 42.7 Å². The van der Waals surface area contributed by atoms with Gasteiger partial charge in [-0.15, -0.1) is 0 Å². The van der Waals surface area contributed by atoms with E-state index < -0.39 is 9.84 Å². The lowest BCUT2D eigenvalue weighted by Gasteiger charge is -2.28. The van der Waals surface area contributed by atoms with Gasteiger partial charge in [-0.25, -0.2) is 8.42 Å². The maximum atomic E-state index is 13.3. The maximum Gasteiger partial charge on any atom is 0.227 e. The normalized spacial score (nSPS) is 17.9. The summed E-state index contributed by atoms with van der Waals surface area (Å²) in [7, 11) is -1.51. The molecule has 7 heteroatoms. The summed E-state index contributed by atoms with van der Waals surface area (Å²) in [6.07, 6.45) is 2.26. The van der Waals surface area contributed by atoms with Crippen LogP contribution in [0.5, 0.6) is 5.75 Å². The standard InChI is InChI=1S/C23H25NO5S/c1-16-3-8-21-18(14-29-22(21)11-16)12-23(25)24(19-9-10-30(26,27)15-19)13-17-4-6-20(28-2)7-5-17/h3-8,11,14,19H,9-10,12-13,15H2,1-2H3. The largest absolute Gasteiger partial charge is 0.497 e. The summed E-state index contributed by atoms with van der Waals surface area (Å²) in [5.74, 6) is 0.773. The van der Waals surface area contributed by atoms with E-state index in [9.17, 15) is 13.2 Å². The van der Waals surface area contributed by atoms with E-state index in [1.54, 1.807) is 18.3 Å². The zero-order valence-electron chi connectivity index (χ0n) is 17.1. The number of carbonyl (C=O) groups is 1. The van der Waals surface area contributed by atoms with E-state index in [0.717, 1.165) is 33.4 Å². The number of hydrogen-bond donors (Lipinski definition) is 0. The van der Waals surface area contributed by atoms with E-state index in [0.29, 0.717) is 13.0 Å². The van der Waals surface area contributed by atoms with Gasteiger partial charge in [-0.1, -0.05) is 24.3 Å². The zero-order valence-corrected chi connectivity index (χ0v) is 17.9. The van der Waals surface area contributed by atoms with E-state index in [-0.39, 0.29) is 29.9 Å². The van der Waals surface area contributed by atoms with Gasteiger partial charge in [0.2, 0.25) is 5.91 Å². The van der Waals surface area contributed by atoms with Crippen molar-refractivity contribution >= 4 is 26.7 Å². The van der Waals surface area contributed by atoms with Crippen LogP contribution in [0.1, 0.15) is 23.1 Å².